The number of aliphatic hydroxyl groups excluding tert-OH is 1. The molecule has 0 aromatic carbocycles. The lowest BCUT2D eigenvalue weighted by Gasteiger charge is -2.13. The van der Waals surface area contributed by atoms with Gasteiger partial charge in [-0.25, -0.2) is 4.99 Å². The molecule has 0 fully saturated rings. The second kappa shape index (κ2) is 4.96. The van der Waals surface area contributed by atoms with Crippen LogP contribution in [0, 0.1) is 0 Å². The molecule has 0 heterocycles. The van der Waals surface area contributed by atoms with Gasteiger partial charge in [0.25, 0.3) is 0 Å². The van der Waals surface area contributed by atoms with E-state index in [9.17, 15) is 5.11 Å². The zero-order chi connectivity index (χ0) is 8.85. The van der Waals surface area contributed by atoms with Crippen LogP contribution in [0.5, 0.6) is 0 Å². The third-order valence-electron chi connectivity index (χ3n) is 1.49. The molecule has 2 atom stereocenters. The lowest BCUT2D eigenvalue weighted by molar-refractivity contribution is 0.141. The predicted octanol–water partition coefficient (Wildman–Crippen LogP) is -0.191. The molecule has 0 aliphatic carbocycles. The zero-order valence-electron chi connectivity index (χ0n) is 7.12. The molecule has 4 heteroatoms. The molecule has 4 nitrogen and oxygen atoms in total. The highest BCUT2D eigenvalue weighted by Crippen LogP contribution is 2.04. The van der Waals surface area contributed by atoms with Crippen molar-refractivity contribution in [3.05, 3.63) is 0 Å². The molecule has 0 saturated carbocycles. The number of nitrogens with two attached hydrogens (primary N) is 2. The number of aliphatic hydroxyl groups is 1. The van der Waals surface area contributed by atoms with Crippen LogP contribution >= 0.6 is 0 Å². The van der Waals surface area contributed by atoms with E-state index in [-0.39, 0.29) is 12.0 Å². The quantitative estimate of drug-likeness (QED) is 0.392. The molecule has 0 radical (unpaired) electrons. The normalized spacial score (nSPS) is 15.5. The molecule has 0 aromatic rings. The first kappa shape index (κ1) is 10.2. The van der Waals surface area contributed by atoms with Gasteiger partial charge in [-0.15, -0.1) is 0 Å². The molecule has 0 saturated heterocycles. The predicted molar refractivity (Wildman–Crippen MR) is 46.2 cm³/mol. The lowest BCUT2D eigenvalue weighted by Crippen LogP contribution is -2.29. The summed E-state index contributed by atoms with van der Waals surface area (Å²) in [6.07, 6.45) is 1.24. The maximum atomic E-state index is 9.35. The van der Waals surface area contributed by atoms with Gasteiger partial charge in [-0.3, -0.25) is 0 Å². The molecule has 11 heavy (non-hydrogen) atoms. The second-order valence-electron chi connectivity index (χ2n) is 2.65. The van der Waals surface area contributed by atoms with E-state index in [2.05, 4.69) is 4.99 Å². The molecule has 0 amide bonds. The van der Waals surface area contributed by atoms with E-state index in [1.807, 2.05) is 6.92 Å². The van der Waals surface area contributed by atoms with Crippen molar-refractivity contribution in [1.82, 2.24) is 0 Å². The highest BCUT2D eigenvalue weighted by molar-refractivity contribution is 5.75. The van der Waals surface area contributed by atoms with E-state index < -0.39 is 6.10 Å². The summed E-state index contributed by atoms with van der Waals surface area (Å²) in [5.74, 6) is 0.0349. The molecule has 0 spiro atoms. The average molecular weight is 159 g/mol. The highest BCUT2D eigenvalue weighted by atomic mass is 16.3. The molecule has 0 aliphatic heterocycles. The molecule has 0 aliphatic rings. The van der Waals surface area contributed by atoms with Crippen molar-refractivity contribution in [3.8, 4) is 0 Å². The van der Waals surface area contributed by atoms with Crippen LogP contribution in [-0.4, -0.2) is 23.2 Å². The van der Waals surface area contributed by atoms with E-state index in [1.165, 1.54) is 0 Å². The largest absolute Gasteiger partial charge is 0.391 e. The van der Waals surface area contributed by atoms with E-state index in [0.29, 0.717) is 0 Å². The van der Waals surface area contributed by atoms with E-state index in [1.54, 1.807) is 6.92 Å². The van der Waals surface area contributed by atoms with Crippen molar-refractivity contribution < 1.29 is 5.11 Å². The smallest absolute Gasteiger partial charge is 0.186 e. The van der Waals surface area contributed by atoms with Gasteiger partial charge in [0.15, 0.2) is 5.96 Å². The van der Waals surface area contributed by atoms with Gasteiger partial charge < -0.3 is 16.6 Å². The Kier molecular flexibility index (Phi) is 4.61. The second-order valence-corrected chi connectivity index (χ2v) is 2.65. The summed E-state index contributed by atoms with van der Waals surface area (Å²) in [4.78, 5) is 3.82. The Bertz CT molecular complexity index is 132. The summed E-state index contributed by atoms with van der Waals surface area (Å²) >= 11 is 0. The minimum atomic E-state index is -0.429. The van der Waals surface area contributed by atoms with Crippen LogP contribution in [0.2, 0.25) is 0 Å². The maximum absolute atomic E-state index is 9.35. The highest BCUT2D eigenvalue weighted by Gasteiger charge is 2.11. The molecule has 2 unspecified atom stereocenters. The van der Waals surface area contributed by atoms with Crippen molar-refractivity contribution in [2.45, 2.75) is 38.8 Å². The summed E-state index contributed by atoms with van der Waals surface area (Å²) in [5.41, 5.74) is 10.3. The van der Waals surface area contributed by atoms with E-state index >= 15 is 0 Å². The van der Waals surface area contributed by atoms with Gasteiger partial charge in [0, 0.05) is 0 Å². The summed E-state index contributed by atoms with van der Waals surface area (Å²) in [6, 6.07) is -0.194. The Hall–Kier alpha value is -0.770. The van der Waals surface area contributed by atoms with Gasteiger partial charge in [-0.2, -0.15) is 0 Å². The van der Waals surface area contributed by atoms with E-state index in [0.717, 1.165) is 12.8 Å². The molecule has 0 bridgehead atoms. The Labute approximate surface area is 67.3 Å². The molecule has 5 N–H and O–H groups in total. The van der Waals surface area contributed by atoms with Crippen molar-refractivity contribution in [2.24, 2.45) is 16.5 Å². The van der Waals surface area contributed by atoms with Gasteiger partial charge in [0.05, 0.1) is 12.1 Å². The van der Waals surface area contributed by atoms with Crippen LogP contribution < -0.4 is 11.5 Å². The van der Waals surface area contributed by atoms with Gasteiger partial charge in [-0.1, -0.05) is 13.3 Å². The summed E-state index contributed by atoms with van der Waals surface area (Å²) < 4.78 is 0. The minimum Gasteiger partial charge on any atom is -0.391 e. The van der Waals surface area contributed by atoms with Crippen LogP contribution in [0.15, 0.2) is 4.99 Å². The maximum Gasteiger partial charge on any atom is 0.186 e. The number of hydrogen-bond donors (Lipinski definition) is 3. The Morgan fingerprint density at radius 1 is 1.55 bits per heavy atom. The van der Waals surface area contributed by atoms with Crippen LogP contribution in [-0.2, 0) is 0 Å². The number of aliphatic imine (C=N–C) groups is 1. The third kappa shape index (κ3) is 4.61. The van der Waals surface area contributed by atoms with Gasteiger partial charge in [0.1, 0.15) is 0 Å². The fourth-order valence-corrected chi connectivity index (χ4v) is 0.858. The average Bonchev–Trinajstić information content (AvgIpc) is 1.86. The van der Waals surface area contributed by atoms with Crippen LogP contribution in [0.3, 0.4) is 0 Å². The molecule has 0 rings (SSSR count). The first-order valence-corrected chi connectivity index (χ1v) is 3.84. The third-order valence-corrected chi connectivity index (χ3v) is 1.49. The van der Waals surface area contributed by atoms with E-state index in [4.69, 9.17) is 11.5 Å². The first-order valence-electron chi connectivity index (χ1n) is 3.84. The van der Waals surface area contributed by atoms with Crippen molar-refractivity contribution >= 4 is 5.96 Å². The monoisotopic (exact) mass is 159 g/mol. The van der Waals surface area contributed by atoms with Crippen molar-refractivity contribution in [1.29, 1.82) is 0 Å². The van der Waals surface area contributed by atoms with Crippen molar-refractivity contribution in [3.63, 3.8) is 0 Å². The topological polar surface area (TPSA) is 84.6 Å². The number of hydrogen-bond acceptors (Lipinski definition) is 2. The Morgan fingerprint density at radius 3 is 2.45 bits per heavy atom. The number of rotatable bonds is 4. The number of guanidine groups is 1. The Morgan fingerprint density at radius 2 is 2.09 bits per heavy atom. The SMILES string of the molecule is CCCC(O)C(C)N=C(N)N. The lowest BCUT2D eigenvalue weighted by atomic mass is 10.1. The van der Waals surface area contributed by atoms with Crippen LogP contribution in [0.4, 0.5) is 0 Å². The van der Waals surface area contributed by atoms with Crippen LogP contribution in [0.1, 0.15) is 26.7 Å². The van der Waals surface area contributed by atoms with Gasteiger partial charge in [-0.05, 0) is 13.3 Å². The molecule has 66 valence electrons. The van der Waals surface area contributed by atoms with Crippen molar-refractivity contribution in [2.75, 3.05) is 0 Å². The summed E-state index contributed by atoms with van der Waals surface area (Å²) in [6.45, 7) is 3.80. The Balaban J connectivity index is 3.82. The molecular weight excluding hydrogens is 142 g/mol. The fraction of sp³-hybridized carbons (Fsp3) is 0.857. The summed E-state index contributed by atoms with van der Waals surface area (Å²) in [5, 5.41) is 9.35. The molecule has 0 aromatic heterocycles. The zero-order valence-corrected chi connectivity index (χ0v) is 7.12. The number of nitrogens with zero attached hydrogens (tertiary/aromatic N) is 1. The fourth-order valence-electron chi connectivity index (χ4n) is 0.858. The van der Waals surface area contributed by atoms with Gasteiger partial charge >= 0.3 is 0 Å². The minimum absolute atomic E-state index is 0.0349. The standard InChI is InChI=1S/C7H17N3O/c1-3-4-6(11)5(2)10-7(8)9/h5-6,11H,3-4H2,1-2H3,(H4,8,9,10). The first-order chi connectivity index (χ1) is 5.07. The summed E-state index contributed by atoms with van der Waals surface area (Å²) in [7, 11) is 0. The van der Waals surface area contributed by atoms with Crippen LogP contribution in [0.25, 0.3) is 0 Å². The van der Waals surface area contributed by atoms with Gasteiger partial charge in [0.2, 0.25) is 0 Å². The molecular formula is C7H17N3O.